The molecule has 7 rings (SSSR count). The SMILES string of the molecule is Cc1ccc2c(/C(=C\c3ccccc3)CCCn3c4ccccc4c4ccccc43)c(C(=O)OC3COC3)ccc2c1. The largest absolute Gasteiger partial charge is 0.454 e. The number of hydrogen-bond donors (Lipinski definition) is 0. The molecular weight excluding hydrogens is 518 g/mol. The molecule has 0 unspecified atom stereocenters. The molecule has 0 aliphatic carbocycles. The molecule has 0 saturated carbocycles. The smallest absolute Gasteiger partial charge is 0.339 e. The van der Waals surface area contributed by atoms with Crippen LogP contribution in [0.1, 0.15) is 39.9 Å². The number of rotatable bonds is 8. The van der Waals surface area contributed by atoms with Crippen molar-refractivity contribution in [2.24, 2.45) is 0 Å². The highest BCUT2D eigenvalue weighted by molar-refractivity contribution is 6.09. The van der Waals surface area contributed by atoms with Gasteiger partial charge in [-0.2, -0.15) is 0 Å². The third-order valence-electron chi connectivity index (χ3n) is 8.25. The Kier molecular flexibility index (Phi) is 7.06. The summed E-state index contributed by atoms with van der Waals surface area (Å²) in [6.07, 6.45) is 3.77. The Morgan fingerprint density at radius 3 is 2.21 bits per heavy atom. The molecule has 4 nitrogen and oxygen atoms in total. The summed E-state index contributed by atoms with van der Waals surface area (Å²) in [5.74, 6) is -0.290. The lowest BCUT2D eigenvalue weighted by Crippen LogP contribution is -2.38. The molecule has 0 atom stereocenters. The minimum atomic E-state index is -0.290. The number of aryl methyl sites for hydroxylation is 2. The van der Waals surface area contributed by atoms with Crippen molar-refractivity contribution in [3.63, 3.8) is 0 Å². The molecule has 208 valence electrons. The van der Waals surface area contributed by atoms with E-state index >= 15 is 0 Å². The zero-order valence-corrected chi connectivity index (χ0v) is 23.8. The lowest BCUT2D eigenvalue weighted by molar-refractivity contribution is -0.103. The molecule has 42 heavy (non-hydrogen) atoms. The topological polar surface area (TPSA) is 40.5 Å². The van der Waals surface area contributed by atoms with Crippen LogP contribution in [0.2, 0.25) is 0 Å². The number of aromatic nitrogens is 1. The third kappa shape index (κ3) is 4.99. The Morgan fingerprint density at radius 2 is 1.52 bits per heavy atom. The molecule has 1 fully saturated rings. The number of benzene rings is 5. The van der Waals surface area contributed by atoms with Crippen molar-refractivity contribution in [1.82, 2.24) is 4.57 Å². The van der Waals surface area contributed by atoms with E-state index in [1.165, 1.54) is 27.4 Å². The number of para-hydroxylation sites is 2. The van der Waals surface area contributed by atoms with Crippen molar-refractivity contribution in [2.45, 2.75) is 32.4 Å². The van der Waals surface area contributed by atoms with Gasteiger partial charge in [-0.25, -0.2) is 4.79 Å². The fourth-order valence-electron chi connectivity index (χ4n) is 6.15. The van der Waals surface area contributed by atoms with Gasteiger partial charge in [0.1, 0.15) is 6.10 Å². The Morgan fingerprint density at radius 1 is 0.833 bits per heavy atom. The maximum absolute atomic E-state index is 13.6. The fraction of sp³-hybridized carbons (Fsp3) is 0.184. The van der Waals surface area contributed by atoms with E-state index in [-0.39, 0.29) is 12.1 Å². The van der Waals surface area contributed by atoms with Crippen molar-refractivity contribution in [1.29, 1.82) is 0 Å². The maximum atomic E-state index is 13.6. The van der Waals surface area contributed by atoms with Crippen molar-refractivity contribution >= 4 is 50.2 Å². The third-order valence-corrected chi connectivity index (χ3v) is 8.25. The summed E-state index contributed by atoms with van der Waals surface area (Å²) in [5, 5.41) is 4.75. The zero-order valence-electron chi connectivity index (χ0n) is 23.8. The minimum absolute atomic E-state index is 0.184. The Labute approximate surface area is 245 Å². The van der Waals surface area contributed by atoms with Crippen LogP contribution in [0.25, 0.3) is 44.2 Å². The monoisotopic (exact) mass is 551 g/mol. The molecule has 0 amide bonds. The van der Waals surface area contributed by atoms with Gasteiger partial charge in [0, 0.05) is 28.4 Å². The first-order valence-corrected chi connectivity index (χ1v) is 14.7. The van der Waals surface area contributed by atoms with Gasteiger partial charge in [0.25, 0.3) is 0 Å². The first kappa shape index (κ1) is 26.2. The average Bonchev–Trinajstić information content (AvgIpc) is 3.32. The van der Waals surface area contributed by atoms with Gasteiger partial charge in [-0.1, -0.05) is 103 Å². The average molecular weight is 552 g/mol. The van der Waals surface area contributed by atoms with Gasteiger partial charge in [-0.3, -0.25) is 0 Å². The molecule has 2 heterocycles. The van der Waals surface area contributed by atoms with E-state index in [0.29, 0.717) is 18.8 Å². The van der Waals surface area contributed by atoms with Crippen LogP contribution in [-0.2, 0) is 16.0 Å². The molecule has 1 aliphatic heterocycles. The molecule has 1 saturated heterocycles. The van der Waals surface area contributed by atoms with Crippen molar-refractivity contribution in [3.05, 3.63) is 131 Å². The second-order valence-electron chi connectivity index (χ2n) is 11.1. The number of nitrogens with zero attached hydrogens (tertiary/aromatic N) is 1. The van der Waals surface area contributed by atoms with E-state index in [0.717, 1.165) is 46.9 Å². The predicted molar refractivity (Wildman–Crippen MR) is 172 cm³/mol. The molecule has 1 aromatic heterocycles. The molecule has 0 N–H and O–H groups in total. The van der Waals surface area contributed by atoms with Gasteiger partial charge in [0.15, 0.2) is 0 Å². The molecule has 0 bridgehead atoms. The van der Waals surface area contributed by atoms with Gasteiger partial charge >= 0.3 is 5.97 Å². The van der Waals surface area contributed by atoms with E-state index in [1.54, 1.807) is 0 Å². The minimum Gasteiger partial charge on any atom is -0.454 e. The summed E-state index contributed by atoms with van der Waals surface area (Å²) in [4.78, 5) is 13.6. The summed E-state index contributed by atoms with van der Waals surface area (Å²) in [7, 11) is 0. The highest BCUT2D eigenvalue weighted by atomic mass is 16.6. The van der Waals surface area contributed by atoms with E-state index in [2.05, 4.69) is 109 Å². The number of hydrogen-bond acceptors (Lipinski definition) is 3. The van der Waals surface area contributed by atoms with E-state index in [9.17, 15) is 4.79 Å². The lowest BCUT2D eigenvalue weighted by Gasteiger charge is -2.26. The van der Waals surface area contributed by atoms with Gasteiger partial charge in [0.05, 0.1) is 18.8 Å². The number of ether oxygens (including phenoxy) is 2. The number of allylic oxidation sites excluding steroid dienone is 1. The van der Waals surface area contributed by atoms with Crippen LogP contribution in [0, 0.1) is 6.92 Å². The first-order valence-electron chi connectivity index (χ1n) is 14.7. The number of carbonyl (C=O) groups is 1. The van der Waals surface area contributed by atoms with Gasteiger partial charge in [-0.15, -0.1) is 0 Å². The summed E-state index contributed by atoms with van der Waals surface area (Å²) in [5.41, 5.74) is 7.50. The van der Waals surface area contributed by atoms with Crippen LogP contribution < -0.4 is 0 Å². The Bertz CT molecular complexity index is 1890. The summed E-state index contributed by atoms with van der Waals surface area (Å²) >= 11 is 0. The molecule has 4 heteroatoms. The summed E-state index contributed by atoms with van der Waals surface area (Å²) in [6, 6.07) is 38.1. The van der Waals surface area contributed by atoms with Crippen LogP contribution in [-0.4, -0.2) is 29.9 Å². The van der Waals surface area contributed by atoms with Crippen LogP contribution in [0.15, 0.2) is 109 Å². The highest BCUT2D eigenvalue weighted by Crippen LogP contribution is 2.35. The maximum Gasteiger partial charge on any atom is 0.339 e. The van der Waals surface area contributed by atoms with E-state index in [1.807, 2.05) is 18.2 Å². The van der Waals surface area contributed by atoms with Crippen molar-refractivity contribution < 1.29 is 14.3 Å². The molecule has 0 spiro atoms. The molecule has 6 aromatic rings. The zero-order chi connectivity index (χ0) is 28.5. The molecular formula is C38H33NO3. The number of fused-ring (bicyclic) bond motifs is 4. The second kappa shape index (κ2) is 11.3. The van der Waals surface area contributed by atoms with Crippen molar-refractivity contribution in [3.8, 4) is 0 Å². The van der Waals surface area contributed by atoms with Gasteiger partial charge in [-0.05, 0) is 65.4 Å². The van der Waals surface area contributed by atoms with Gasteiger partial charge in [0.2, 0.25) is 0 Å². The number of carbonyl (C=O) groups excluding carboxylic acids is 1. The van der Waals surface area contributed by atoms with Crippen LogP contribution in [0.3, 0.4) is 0 Å². The van der Waals surface area contributed by atoms with Gasteiger partial charge < -0.3 is 14.0 Å². The summed E-state index contributed by atoms with van der Waals surface area (Å²) < 4.78 is 13.6. The quantitative estimate of drug-likeness (QED) is 0.140. The lowest BCUT2D eigenvalue weighted by atomic mass is 9.89. The van der Waals surface area contributed by atoms with Crippen LogP contribution in [0.4, 0.5) is 0 Å². The molecule has 0 radical (unpaired) electrons. The Balaban J connectivity index is 1.31. The van der Waals surface area contributed by atoms with E-state index < -0.39 is 0 Å². The predicted octanol–water partition coefficient (Wildman–Crippen LogP) is 8.83. The Hall–Kier alpha value is -4.67. The highest BCUT2D eigenvalue weighted by Gasteiger charge is 2.26. The standard InChI is InChI=1S/C38H33NO3/c1-26-17-19-31-28(22-26)18-20-34(38(40)42-30-24-41-25-30)37(31)29(23-27-10-3-2-4-11-27)12-9-21-39-35-15-7-5-13-32(35)33-14-6-8-16-36(33)39/h2-8,10-11,13-20,22-23,30H,9,12,21,24-25H2,1H3/b29-23-. The van der Waals surface area contributed by atoms with Crippen molar-refractivity contribution in [2.75, 3.05) is 13.2 Å². The van der Waals surface area contributed by atoms with Crippen LogP contribution >= 0.6 is 0 Å². The first-order chi connectivity index (χ1) is 20.7. The summed E-state index contributed by atoms with van der Waals surface area (Å²) in [6.45, 7) is 3.88. The molecule has 1 aliphatic rings. The van der Waals surface area contributed by atoms with Crippen LogP contribution in [0.5, 0.6) is 0 Å². The van der Waals surface area contributed by atoms with E-state index in [4.69, 9.17) is 9.47 Å². The normalized spacial score (nSPS) is 14.0. The second-order valence-corrected chi connectivity index (χ2v) is 11.1. The number of esters is 1. The molecule has 5 aromatic carbocycles. The fourth-order valence-corrected chi connectivity index (χ4v) is 6.15.